The maximum atomic E-state index is 4.23. The molecule has 0 bridgehead atoms. The Hall–Kier alpha value is 0.310. The van der Waals surface area contributed by atoms with E-state index >= 15 is 0 Å². The summed E-state index contributed by atoms with van der Waals surface area (Å²) in [6.45, 7) is 6.40. The second kappa shape index (κ2) is 7.58. The van der Waals surface area contributed by atoms with Gasteiger partial charge in [-0.3, -0.25) is 0 Å². The van der Waals surface area contributed by atoms with Crippen molar-refractivity contribution in [3.05, 3.63) is 0 Å². The molecule has 0 N–H and O–H groups in total. The highest BCUT2D eigenvalue weighted by Crippen LogP contribution is 2.16. The van der Waals surface area contributed by atoms with Gasteiger partial charge in [-0.2, -0.15) is 12.6 Å². The van der Waals surface area contributed by atoms with Crippen LogP contribution in [0.3, 0.4) is 0 Å². The van der Waals surface area contributed by atoms with E-state index < -0.39 is 0 Å². The van der Waals surface area contributed by atoms with Crippen LogP contribution in [0.2, 0.25) is 0 Å². The molecule has 0 saturated carbocycles. The van der Waals surface area contributed by atoms with Gasteiger partial charge in [0.05, 0.1) is 0 Å². The zero-order chi connectivity index (χ0) is 10.2. The summed E-state index contributed by atoms with van der Waals surface area (Å²) in [6, 6.07) is 0. The molecule has 0 amide bonds. The van der Waals surface area contributed by atoms with Crippen LogP contribution in [0.25, 0.3) is 0 Å². The molecule has 1 aliphatic heterocycles. The van der Waals surface area contributed by atoms with E-state index in [1.54, 1.807) is 0 Å². The molecule has 0 aromatic carbocycles. The molecule has 1 fully saturated rings. The summed E-state index contributed by atoms with van der Waals surface area (Å²) in [5.74, 6) is 1.99. The fourth-order valence-corrected chi connectivity index (χ4v) is 2.51. The van der Waals surface area contributed by atoms with Gasteiger partial charge in [0.25, 0.3) is 0 Å². The number of unbranched alkanes of at least 4 members (excludes halogenated alkanes) is 3. The lowest BCUT2D eigenvalue weighted by Gasteiger charge is -2.30. The number of likely N-dealkylation sites (tertiary alicyclic amines) is 1. The Bertz CT molecular complexity index is 138. The molecule has 1 aliphatic rings. The highest BCUT2D eigenvalue weighted by molar-refractivity contribution is 7.80. The predicted molar refractivity (Wildman–Crippen MR) is 67.2 cm³/mol. The van der Waals surface area contributed by atoms with Gasteiger partial charge in [0.15, 0.2) is 0 Å². The lowest BCUT2D eigenvalue weighted by atomic mass is 10.00. The van der Waals surface area contributed by atoms with E-state index in [4.69, 9.17) is 0 Å². The third-order valence-corrected chi connectivity index (χ3v) is 3.44. The van der Waals surface area contributed by atoms with Gasteiger partial charge in [0.1, 0.15) is 0 Å². The third-order valence-electron chi connectivity index (χ3n) is 3.12. The summed E-state index contributed by atoms with van der Waals surface area (Å²) >= 11 is 4.23. The van der Waals surface area contributed by atoms with Crippen molar-refractivity contribution in [2.24, 2.45) is 5.92 Å². The quantitative estimate of drug-likeness (QED) is 0.526. The summed E-state index contributed by atoms with van der Waals surface area (Å²) < 4.78 is 0. The van der Waals surface area contributed by atoms with Gasteiger partial charge in [-0.05, 0) is 50.4 Å². The van der Waals surface area contributed by atoms with Gasteiger partial charge in [-0.25, -0.2) is 0 Å². The monoisotopic (exact) mass is 215 g/mol. The molecule has 0 spiro atoms. The van der Waals surface area contributed by atoms with Crippen LogP contribution in [0.1, 0.15) is 45.4 Å². The average molecular weight is 215 g/mol. The molecule has 0 radical (unpaired) electrons. The van der Waals surface area contributed by atoms with Crippen LogP contribution in [-0.4, -0.2) is 30.3 Å². The minimum absolute atomic E-state index is 0.932. The van der Waals surface area contributed by atoms with E-state index in [2.05, 4.69) is 24.5 Å². The first-order valence-electron chi connectivity index (χ1n) is 6.16. The van der Waals surface area contributed by atoms with Crippen molar-refractivity contribution in [1.29, 1.82) is 0 Å². The van der Waals surface area contributed by atoms with Crippen molar-refractivity contribution in [3.63, 3.8) is 0 Å². The molecule has 0 aromatic heterocycles. The Balaban J connectivity index is 1.95. The van der Waals surface area contributed by atoms with E-state index in [0.717, 1.165) is 11.7 Å². The summed E-state index contributed by atoms with van der Waals surface area (Å²) in [5.41, 5.74) is 0. The first-order chi connectivity index (χ1) is 6.83. The third kappa shape index (κ3) is 5.26. The van der Waals surface area contributed by atoms with Crippen LogP contribution in [0, 0.1) is 5.92 Å². The molecular formula is C12H25NS. The van der Waals surface area contributed by atoms with E-state index in [1.807, 2.05) is 0 Å². The topological polar surface area (TPSA) is 3.24 Å². The second-order valence-corrected chi connectivity index (χ2v) is 5.13. The van der Waals surface area contributed by atoms with Crippen LogP contribution in [0.4, 0.5) is 0 Å². The zero-order valence-corrected chi connectivity index (χ0v) is 10.4. The molecule has 1 atom stereocenters. The van der Waals surface area contributed by atoms with Gasteiger partial charge >= 0.3 is 0 Å². The number of rotatable bonds is 6. The van der Waals surface area contributed by atoms with Gasteiger partial charge in [-0.1, -0.05) is 19.8 Å². The highest BCUT2D eigenvalue weighted by atomic mass is 32.1. The minimum Gasteiger partial charge on any atom is -0.303 e. The zero-order valence-electron chi connectivity index (χ0n) is 9.54. The van der Waals surface area contributed by atoms with Gasteiger partial charge in [-0.15, -0.1) is 0 Å². The SMILES string of the molecule is CC1CCCN(CCCCCCS)C1. The van der Waals surface area contributed by atoms with Crippen LogP contribution in [-0.2, 0) is 0 Å². The van der Waals surface area contributed by atoms with Gasteiger partial charge < -0.3 is 4.90 Å². The van der Waals surface area contributed by atoms with Crippen LogP contribution in [0.5, 0.6) is 0 Å². The molecule has 0 aromatic rings. The van der Waals surface area contributed by atoms with Crippen molar-refractivity contribution in [2.75, 3.05) is 25.4 Å². The Morgan fingerprint density at radius 3 is 2.71 bits per heavy atom. The molecule has 14 heavy (non-hydrogen) atoms. The summed E-state index contributed by atoms with van der Waals surface area (Å²) in [6.07, 6.45) is 8.30. The number of hydrogen-bond acceptors (Lipinski definition) is 2. The standard InChI is InChI=1S/C12H25NS/c1-12-7-6-9-13(11-12)8-4-2-3-5-10-14/h12,14H,2-11H2,1H3. The maximum Gasteiger partial charge on any atom is 0.000703 e. The molecule has 1 saturated heterocycles. The van der Waals surface area contributed by atoms with Gasteiger partial charge in [0, 0.05) is 6.54 Å². The Labute approximate surface area is 94.7 Å². The van der Waals surface area contributed by atoms with Crippen molar-refractivity contribution >= 4 is 12.6 Å². The van der Waals surface area contributed by atoms with Crippen LogP contribution >= 0.6 is 12.6 Å². The highest BCUT2D eigenvalue weighted by Gasteiger charge is 2.14. The van der Waals surface area contributed by atoms with E-state index in [1.165, 1.54) is 58.2 Å². The molecule has 1 heterocycles. The first-order valence-corrected chi connectivity index (χ1v) is 6.79. The van der Waals surface area contributed by atoms with Crippen molar-refractivity contribution in [2.45, 2.75) is 45.4 Å². The lowest BCUT2D eigenvalue weighted by Crippen LogP contribution is -2.34. The Kier molecular flexibility index (Phi) is 6.70. The second-order valence-electron chi connectivity index (χ2n) is 4.69. The maximum absolute atomic E-state index is 4.23. The minimum atomic E-state index is 0.932. The van der Waals surface area contributed by atoms with Crippen LogP contribution < -0.4 is 0 Å². The van der Waals surface area contributed by atoms with Gasteiger partial charge in [0.2, 0.25) is 0 Å². The fourth-order valence-electron chi connectivity index (χ4n) is 2.29. The number of hydrogen-bond donors (Lipinski definition) is 1. The van der Waals surface area contributed by atoms with Crippen molar-refractivity contribution < 1.29 is 0 Å². The largest absolute Gasteiger partial charge is 0.303 e. The molecule has 1 rings (SSSR count). The first kappa shape index (κ1) is 12.4. The molecule has 0 aliphatic carbocycles. The summed E-state index contributed by atoms with van der Waals surface area (Å²) in [5, 5.41) is 0. The van der Waals surface area contributed by atoms with Crippen molar-refractivity contribution in [3.8, 4) is 0 Å². The van der Waals surface area contributed by atoms with E-state index in [0.29, 0.717) is 0 Å². The average Bonchev–Trinajstić information content (AvgIpc) is 2.18. The molecule has 2 heteroatoms. The van der Waals surface area contributed by atoms with Crippen molar-refractivity contribution in [1.82, 2.24) is 4.90 Å². The Morgan fingerprint density at radius 2 is 2.00 bits per heavy atom. The smallest absolute Gasteiger partial charge is 0.000703 e. The lowest BCUT2D eigenvalue weighted by molar-refractivity contribution is 0.181. The molecular weight excluding hydrogens is 190 g/mol. The normalized spacial score (nSPS) is 24.0. The van der Waals surface area contributed by atoms with E-state index in [-0.39, 0.29) is 0 Å². The van der Waals surface area contributed by atoms with Crippen LogP contribution in [0.15, 0.2) is 0 Å². The number of thiol groups is 1. The number of piperidine rings is 1. The summed E-state index contributed by atoms with van der Waals surface area (Å²) in [7, 11) is 0. The van der Waals surface area contributed by atoms with E-state index in [9.17, 15) is 0 Å². The fraction of sp³-hybridized carbons (Fsp3) is 1.00. The molecule has 1 nitrogen and oxygen atoms in total. The molecule has 1 unspecified atom stereocenters. The summed E-state index contributed by atoms with van der Waals surface area (Å²) in [4.78, 5) is 2.65. The predicted octanol–water partition coefficient (Wildman–Crippen LogP) is 3.21. The number of nitrogens with zero attached hydrogens (tertiary/aromatic N) is 1. The molecule has 84 valence electrons. The Morgan fingerprint density at radius 1 is 1.21 bits per heavy atom.